The number of benzene rings is 1. The van der Waals surface area contributed by atoms with Crippen LogP contribution < -0.4 is 11.1 Å². The second kappa shape index (κ2) is 9.97. The van der Waals surface area contributed by atoms with Crippen molar-refractivity contribution in [3.8, 4) is 11.1 Å². The molecule has 0 bridgehead atoms. The second-order valence-corrected chi connectivity index (χ2v) is 9.26. The summed E-state index contributed by atoms with van der Waals surface area (Å²) in [6, 6.07) is 5.92. The van der Waals surface area contributed by atoms with Gasteiger partial charge in [-0.2, -0.15) is 15.3 Å². The summed E-state index contributed by atoms with van der Waals surface area (Å²) in [6.45, 7) is -0.579. The molecule has 3 aromatic heterocycles. The zero-order chi connectivity index (χ0) is 26.1. The Labute approximate surface area is 217 Å². The van der Waals surface area contributed by atoms with Crippen LogP contribution in [0.5, 0.6) is 0 Å². The first-order valence-electron chi connectivity index (χ1n) is 11.1. The molecule has 37 heavy (non-hydrogen) atoms. The van der Waals surface area contributed by atoms with E-state index in [-0.39, 0.29) is 31.2 Å². The maximum absolute atomic E-state index is 14.3. The molecule has 0 aliphatic carbocycles. The maximum atomic E-state index is 14.3. The molecule has 1 saturated heterocycles. The molecule has 14 heteroatoms. The number of halogens is 2. The molecule has 1 aliphatic heterocycles. The molecule has 5 rings (SSSR count). The first kappa shape index (κ1) is 24.4. The van der Waals surface area contributed by atoms with E-state index in [2.05, 4.69) is 46.5 Å². The van der Waals surface area contributed by atoms with Gasteiger partial charge in [-0.3, -0.25) is 24.4 Å². The van der Waals surface area contributed by atoms with E-state index in [9.17, 15) is 18.8 Å². The van der Waals surface area contributed by atoms with Gasteiger partial charge in [-0.05, 0) is 39.7 Å². The lowest BCUT2D eigenvalue weighted by atomic mass is 10.0. The fraction of sp³-hybridized carbons (Fsp3) is 0.217. The number of fused-ring (bicyclic) bond motifs is 1. The third-order valence-electron chi connectivity index (χ3n) is 5.91. The number of rotatable bonds is 6. The zero-order valence-corrected chi connectivity index (χ0v) is 20.7. The summed E-state index contributed by atoms with van der Waals surface area (Å²) in [4.78, 5) is 47.3. The molecule has 3 amide bonds. The Morgan fingerprint density at radius 1 is 1.11 bits per heavy atom. The number of primary amides is 1. The van der Waals surface area contributed by atoms with Gasteiger partial charge in [0.25, 0.3) is 5.91 Å². The fourth-order valence-electron chi connectivity index (χ4n) is 4.22. The Balaban J connectivity index is 1.40. The van der Waals surface area contributed by atoms with E-state index in [1.165, 1.54) is 17.1 Å². The Bertz CT molecular complexity index is 1500. The molecule has 0 radical (unpaired) electrons. The van der Waals surface area contributed by atoms with Crippen LogP contribution in [0, 0.1) is 0 Å². The number of anilines is 1. The van der Waals surface area contributed by atoms with Crippen LogP contribution in [-0.2, 0) is 16.1 Å². The standard InChI is InChI=1S/C23H19BrFN9O3/c24-14-8-27-23(28-9-14)31-22(37)18-6-15(25)10-33(18)19(35)11-34-17-2-1-12(13-3-4-29-30-7-13)5-16(17)20(32-34)21(26)36/h1-5,7-9,15,18H,6,10-11H2,(H2,26,36)(H,27,28,31,37). The van der Waals surface area contributed by atoms with Gasteiger partial charge in [-0.15, -0.1) is 0 Å². The lowest BCUT2D eigenvalue weighted by Gasteiger charge is -2.23. The highest BCUT2D eigenvalue weighted by Crippen LogP contribution is 2.27. The van der Waals surface area contributed by atoms with Crippen LogP contribution in [0.15, 0.2) is 53.5 Å². The molecular weight excluding hydrogens is 549 g/mol. The van der Waals surface area contributed by atoms with Crippen molar-refractivity contribution in [2.24, 2.45) is 5.73 Å². The van der Waals surface area contributed by atoms with Crippen LogP contribution in [0.1, 0.15) is 16.9 Å². The van der Waals surface area contributed by atoms with Crippen molar-refractivity contribution in [2.45, 2.75) is 25.2 Å². The van der Waals surface area contributed by atoms with E-state index < -0.39 is 29.9 Å². The molecule has 0 spiro atoms. The smallest absolute Gasteiger partial charge is 0.269 e. The molecule has 4 aromatic rings. The Kier molecular flexibility index (Phi) is 6.56. The number of nitrogens with two attached hydrogens (primary N) is 1. The predicted molar refractivity (Wildman–Crippen MR) is 133 cm³/mol. The molecule has 2 atom stereocenters. The number of carbonyl (C=O) groups excluding carboxylic acids is 3. The van der Waals surface area contributed by atoms with Gasteiger partial charge in [-0.25, -0.2) is 14.4 Å². The number of amides is 3. The lowest BCUT2D eigenvalue weighted by molar-refractivity contribution is -0.137. The van der Waals surface area contributed by atoms with E-state index >= 15 is 0 Å². The van der Waals surface area contributed by atoms with Crippen LogP contribution in [0.3, 0.4) is 0 Å². The topological polar surface area (TPSA) is 162 Å². The Morgan fingerprint density at radius 3 is 2.59 bits per heavy atom. The van der Waals surface area contributed by atoms with Crippen molar-refractivity contribution in [1.82, 2.24) is 34.8 Å². The molecule has 1 aromatic carbocycles. The second-order valence-electron chi connectivity index (χ2n) is 8.34. The number of hydrogen-bond acceptors (Lipinski definition) is 8. The summed E-state index contributed by atoms with van der Waals surface area (Å²) in [5.41, 5.74) is 7.53. The van der Waals surface area contributed by atoms with E-state index in [0.717, 1.165) is 16.0 Å². The molecule has 1 fully saturated rings. The molecule has 188 valence electrons. The lowest BCUT2D eigenvalue weighted by Crippen LogP contribution is -2.44. The minimum Gasteiger partial charge on any atom is -0.364 e. The molecule has 4 heterocycles. The van der Waals surface area contributed by atoms with Crippen molar-refractivity contribution >= 4 is 50.5 Å². The summed E-state index contributed by atoms with van der Waals surface area (Å²) < 4.78 is 16.3. The minimum absolute atomic E-state index is 0.0156. The van der Waals surface area contributed by atoms with E-state index in [1.54, 1.807) is 36.7 Å². The highest BCUT2D eigenvalue weighted by atomic mass is 79.9. The monoisotopic (exact) mass is 567 g/mol. The summed E-state index contributed by atoms with van der Waals surface area (Å²) in [5.74, 6) is -1.88. The average Bonchev–Trinajstić information content (AvgIpc) is 3.46. The van der Waals surface area contributed by atoms with Crippen LogP contribution >= 0.6 is 15.9 Å². The maximum Gasteiger partial charge on any atom is 0.269 e. The van der Waals surface area contributed by atoms with Gasteiger partial charge in [0.2, 0.25) is 17.8 Å². The number of likely N-dealkylation sites (tertiary alicyclic amines) is 1. The third-order valence-corrected chi connectivity index (χ3v) is 6.32. The molecule has 2 unspecified atom stereocenters. The van der Waals surface area contributed by atoms with E-state index in [4.69, 9.17) is 5.73 Å². The van der Waals surface area contributed by atoms with Crippen molar-refractivity contribution < 1.29 is 18.8 Å². The number of nitrogens with one attached hydrogen (secondary N) is 1. The first-order valence-corrected chi connectivity index (χ1v) is 11.9. The third kappa shape index (κ3) is 5.00. The van der Waals surface area contributed by atoms with Crippen LogP contribution in [0.4, 0.5) is 10.3 Å². The first-order chi connectivity index (χ1) is 17.8. The van der Waals surface area contributed by atoms with Gasteiger partial charge in [0.1, 0.15) is 18.8 Å². The zero-order valence-electron chi connectivity index (χ0n) is 19.1. The normalized spacial score (nSPS) is 17.2. The SMILES string of the molecule is NC(=O)c1nn(CC(=O)N2CC(F)CC2C(=O)Nc2ncc(Br)cn2)c2ccc(-c3ccnnc3)cc12. The number of carbonyl (C=O) groups is 3. The molecular formula is C23H19BrFN9O3. The largest absolute Gasteiger partial charge is 0.364 e. The molecule has 1 aliphatic rings. The molecule has 0 saturated carbocycles. The quantitative estimate of drug-likeness (QED) is 0.355. The van der Waals surface area contributed by atoms with Crippen molar-refractivity contribution in [3.05, 3.63) is 59.2 Å². The number of hydrogen-bond donors (Lipinski definition) is 2. The van der Waals surface area contributed by atoms with Gasteiger partial charge in [0.15, 0.2) is 5.69 Å². The summed E-state index contributed by atoms with van der Waals surface area (Å²) in [6.07, 6.45) is 4.48. The predicted octanol–water partition coefficient (Wildman–Crippen LogP) is 1.72. The average molecular weight is 568 g/mol. The highest BCUT2D eigenvalue weighted by molar-refractivity contribution is 9.10. The van der Waals surface area contributed by atoms with Crippen molar-refractivity contribution in [3.63, 3.8) is 0 Å². The van der Waals surface area contributed by atoms with E-state index in [0.29, 0.717) is 15.4 Å². The Hall–Kier alpha value is -4.33. The fourth-order valence-corrected chi connectivity index (χ4v) is 4.43. The minimum atomic E-state index is -1.38. The van der Waals surface area contributed by atoms with Gasteiger partial charge in [0.05, 0.1) is 28.9 Å². The molecule has 3 N–H and O–H groups in total. The number of nitrogens with zero attached hydrogens (tertiary/aromatic N) is 7. The van der Waals surface area contributed by atoms with Crippen molar-refractivity contribution in [2.75, 3.05) is 11.9 Å². The van der Waals surface area contributed by atoms with Gasteiger partial charge in [0, 0.05) is 29.8 Å². The molecule has 12 nitrogen and oxygen atoms in total. The van der Waals surface area contributed by atoms with Crippen molar-refractivity contribution in [1.29, 1.82) is 0 Å². The highest BCUT2D eigenvalue weighted by Gasteiger charge is 2.40. The van der Waals surface area contributed by atoms with Gasteiger partial charge < -0.3 is 10.6 Å². The number of aromatic nitrogens is 6. The summed E-state index contributed by atoms with van der Waals surface area (Å²) >= 11 is 3.21. The van der Waals surface area contributed by atoms with Gasteiger partial charge >= 0.3 is 0 Å². The van der Waals surface area contributed by atoms with Crippen LogP contribution in [0.25, 0.3) is 22.0 Å². The Morgan fingerprint density at radius 2 is 1.89 bits per heavy atom. The number of alkyl halides is 1. The van der Waals surface area contributed by atoms with Gasteiger partial charge in [-0.1, -0.05) is 6.07 Å². The summed E-state index contributed by atoms with van der Waals surface area (Å²) in [7, 11) is 0. The van der Waals surface area contributed by atoms with E-state index in [1.807, 2.05) is 0 Å². The van der Waals surface area contributed by atoms with Crippen LogP contribution in [-0.4, -0.2) is 71.3 Å². The summed E-state index contributed by atoms with van der Waals surface area (Å²) in [5, 5.41) is 14.8. The van der Waals surface area contributed by atoms with Crippen LogP contribution in [0.2, 0.25) is 0 Å².